The maximum atomic E-state index is 13.5. The van der Waals surface area contributed by atoms with E-state index in [1.54, 1.807) is 50.8 Å². The van der Waals surface area contributed by atoms with Crippen molar-refractivity contribution in [3.05, 3.63) is 46.7 Å². The molecule has 2 aromatic heterocycles. The molecule has 0 saturated heterocycles. The number of ether oxygens (including phenoxy) is 1. The lowest BCUT2D eigenvalue weighted by molar-refractivity contribution is -0.134. The van der Waals surface area contributed by atoms with Crippen molar-refractivity contribution >= 4 is 33.3 Å². The molecule has 43 heavy (non-hydrogen) atoms. The minimum absolute atomic E-state index is 0.00223. The highest BCUT2D eigenvalue weighted by atomic mass is 32.2. The van der Waals surface area contributed by atoms with Crippen molar-refractivity contribution < 1.29 is 36.9 Å². The number of benzene rings is 1. The number of fused-ring (bicyclic) bond motifs is 1. The molecule has 0 unspecified atom stereocenters. The lowest BCUT2D eigenvalue weighted by Gasteiger charge is -2.33. The predicted octanol–water partition coefficient (Wildman–Crippen LogP) is 3.01. The number of hydrogen-bond acceptors (Lipinski definition) is 10. The van der Waals surface area contributed by atoms with Gasteiger partial charge in [-0.2, -0.15) is 4.31 Å². The van der Waals surface area contributed by atoms with E-state index >= 15 is 0 Å². The summed E-state index contributed by atoms with van der Waals surface area (Å²) < 4.78 is 44.7. The zero-order chi connectivity index (χ0) is 31.6. The van der Waals surface area contributed by atoms with E-state index in [0.717, 1.165) is 0 Å². The van der Waals surface area contributed by atoms with Crippen LogP contribution in [0.3, 0.4) is 0 Å². The van der Waals surface area contributed by atoms with E-state index in [2.05, 4.69) is 20.9 Å². The maximum absolute atomic E-state index is 13.5. The number of nitrogens with one attached hydrogen (secondary N) is 2. The molecule has 0 aliphatic carbocycles. The molecule has 15 heteroatoms. The SMILES string of the molecule is Cc1noc(C)c1NC(=O)Nc1ccc2c(c1)CC(=O)N([C@@H](C)CO)C[C@@H](C)[C@@H](CN(C)S(=O)(=O)c1c(C)noc1C)O2. The first-order valence-electron chi connectivity index (χ1n) is 13.8. The maximum Gasteiger partial charge on any atom is 0.323 e. The van der Waals surface area contributed by atoms with Crippen LogP contribution in [0.25, 0.3) is 0 Å². The number of amides is 3. The second-order valence-corrected chi connectivity index (χ2v) is 12.9. The number of nitrogens with zero attached hydrogens (tertiary/aromatic N) is 4. The zero-order valence-electron chi connectivity index (χ0n) is 25.3. The average molecular weight is 619 g/mol. The van der Waals surface area contributed by atoms with Crippen LogP contribution >= 0.6 is 0 Å². The number of urea groups is 1. The monoisotopic (exact) mass is 618 g/mol. The van der Waals surface area contributed by atoms with Crippen molar-refractivity contribution in [2.24, 2.45) is 5.92 Å². The molecule has 0 radical (unpaired) electrons. The van der Waals surface area contributed by atoms with Gasteiger partial charge in [-0.1, -0.05) is 17.2 Å². The molecule has 1 aliphatic rings. The molecule has 1 aliphatic heterocycles. The van der Waals surface area contributed by atoms with Crippen LogP contribution in [0, 0.1) is 33.6 Å². The first-order chi connectivity index (χ1) is 20.2. The molecule has 3 atom stereocenters. The van der Waals surface area contributed by atoms with E-state index < -0.39 is 28.2 Å². The van der Waals surface area contributed by atoms with Gasteiger partial charge in [0.25, 0.3) is 0 Å². The van der Waals surface area contributed by atoms with Gasteiger partial charge in [-0.15, -0.1) is 0 Å². The van der Waals surface area contributed by atoms with Gasteiger partial charge in [-0.05, 0) is 52.8 Å². The number of aliphatic hydroxyl groups is 1. The Labute approximate surface area is 250 Å². The molecule has 0 bridgehead atoms. The fraction of sp³-hybridized carbons (Fsp3) is 0.500. The predicted molar refractivity (Wildman–Crippen MR) is 156 cm³/mol. The molecule has 3 N–H and O–H groups in total. The summed E-state index contributed by atoms with van der Waals surface area (Å²) in [6, 6.07) is 3.90. The van der Waals surface area contributed by atoms with Crippen LogP contribution < -0.4 is 15.4 Å². The third-order valence-corrected chi connectivity index (χ3v) is 9.59. The standard InChI is InChI=1S/C28H38N6O8S/c1-15-12-34(16(2)14-35)25(36)11-21-10-22(29-28(37)30-26-17(3)31-41-19(26)5)8-9-23(21)40-24(15)13-33(7)43(38,39)27-18(4)32-42-20(27)6/h8-10,15-16,24,35H,11-14H2,1-7H3,(H2,29,30,37)/t15-,16+,24-/m1/s1. The van der Waals surface area contributed by atoms with Crippen molar-refractivity contribution in [2.75, 3.05) is 37.4 Å². The van der Waals surface area contributed by atoms with Gasteiger partial charge >= 0.3 is 6.03 Å². The molecule has 234 valence electrons. The van der Waals surface area contributed by atoms with E-state index in [9.17, 15) is 23.1 Å². The summed E-state index contributed by atoms with van der Waals surface area (Å²) in [7, 11) is -2.52. The number of carbonyl (C=O) groups excluding carboxylic acids is 2. The van der Waals surface area contributed by atoms with E-state index in [0.29, 0.717) is 34.1 Å². The number of anilines is 2. The van der Waals surface area contributed by atoms with Crippen LogP contribution in [0.15, 0.2) is 32.1 Å². The molecule has 0 saturated carbocycles. The Morgan fingerprint density at radius 3 is 2.42 bits per heavy atom. The summed E-state index contributed by atoms with van der Waals surface area (Å²) in [5, 5.41) is 23.0. The Hall–Kier alpha value is -3.95. The Kier molecular flexibility index (Phi) is 9.47. The third-order valence-electron chi connectivity index (χ3n) is 7.52. The van der Waals surface area contributed by atoms with Crippen LogP contribution in [0.1, 0.15) is 42.3 Å². The number of aromatic nitrogens is 2. The number of sulfonamides is 1. The molecule has 0 spiro atoms. The van der Waals surface area contributed by atoms with E-state index in [-0.39, 0.29) is 54.3 Å². The van der Waals surface area contributed by atoms with Crippen molar-refractivity contribution in [3.63, 3.8) is 0 Å². The molecule has 4 rings (SSSR count). The number of aliphatic hydroxyl groups excluding tert-OH is 1. The minimum atomic E-state index is -3.97. The van der Waals surface area contributed by atoms with Gasteiger partial charge in [-0.25, -0.2) is 13.2 Å². The third kappa shape index (κ3) is 6.84. The van der Waals surface area contributed by atoms with Gasteiger partial charge in [0.05, 0.1) is 25.6 Å². The topological polar surface area (TPSA) is 180 Å². The molecule has 1 aromatic carbocycles. The molecule has 3 aromatic rings. The number of carbonyl (C=O) groups is 2. The summed E-state index contributed by atoms with van der Waals surface area (Å²) in [6.45, 7) is 10.0. The summed E-state index contributed by atoms with van der Waals surface area (Å²) in [5.41, 5.74) is 2.14. The van der Waals surface area contributed by atoms with Gasteiger partial charge in [0.15, 0.2) is 11.5 Å². The van der Waals surface area contributed by atoms with Gasteiger partial charge in [0.2, 0.25) is 15.9 Å². The normalized spacial score (nSPS) is 18.3. The zero-order valence-corrected chi connectivity index (χ0v) is 26.1. The second kappa shape index (κ2) is 12.7. The highest BCUT2D eigenvalue weighted by molar-refractivity contribution is 7.89. The van der Waals surface area contributed by atoms with Crippen molar-refractivity contribution in [1.29, 1.82) is 0 Å². The largest absolute Gasteiger partial charge is 0.488 e. The van der Waals surface area contributed by atoms with Gasteiger partial charge in [-0.3, -0.25) is 4.79 Å². The average Bonchev–Trinajstić information content (AvgIpc) is 3.47. The van der Waals surface area contributed by atoms with Crippen molar-refractivity contribution in [3.8, 4) is 5.75 Å². The van der Waals surface area contributed by atoms with Gasteiger partial charge in [0.1, 0.15) is 33.8 Å². The quantitative estimate of drug-likeness (QED) is 0.340. The highest BCUT2D eigenvalue weighted by Crippen LogP contribution is 2.31. The lowest BCUT2D eigenvalue weighted by atomic mass is 10.0. The van der Waals surface area contributed by atoms with Crippen molar-refractivity contribution in [2.45, 2.75) is 65.0 Å². The number of aryl methyl sites for hydroxylation is 4. The first kappa shape index (κ1) is 32.0. The Morgan fingerprint density at radius 1 is 1.14 bits per heavy atom. The van der Waals surface area contributed by atoms with Crippen molar-refractivity contribution in [1.82, 2.24) is 19.5 Å². The molecule has 3 amide bonds. The van der Waals surface area contributed by atoms with E-state index in [4.69, 9.17) is 13.8 Å². The molecular formula is C28H38N6O8S. The molecular weight excluding hydrogens is 580 g/mol. The minimum Gasteiger partial charge on any atom is -0.488 e. The second-order valence-electron chi connectivity index (χ2n) is 10.9. The van der Waals surface area contributed by atoms with E-state index in [1.807, 2.05) is 6.92 Å². The highest BCUT2D eigenvalue weighted by Gasteiger charge is 2.35. The van der Waals surface area contributed by atoms with Gasteiger partial charge in [0, 0.05) is 30.8 Å². The Balaban J connectivity index is 1.64. The first-order valence-corrected chi connectivity index (χ1v) is 15.3. The Morgan fingerprint density at radius 2 is 1.81 bits per heavy atom. The Bertz CT molecular complexity index is 1560. The fourth-order valence-electron chi connectivity index (χ4n) is 5.01. The van der Waals surface area contributed by atoms with Crippen LogP contribution in [-0.2, 0) is 21.2 Å². The van der Waals surface area contributed by atoms with Crippen LogP contribution in [0.4, 0.5) is 16.2 Å². The fourth-order valence-corrected chi connectivity index (χ4v) is 6.48. The summed E-state index contributed by atoms with van der Waals surface area (Å²) in [4.78, 5) is 27.8. The number of rotatable bonds is 8. The number of hydrogen-bond donors (Lipinski definition) is 3. The van der Waals surface area contributed by atoms with Crippen LogP contribution in [0.5, 0.6) is 5.75 Å². The summed E-state index contributed by atoms with van der Waals surface area (Å²) >= 11 is 0. The van der Waals surface area contributed by atoms with Crippen LogP contribution in [-0.4, -0.2) is 83.9 Å². The van der Waals surface area contributed by atoms with E-state index in [1.165, 1.54) is 18.3 Å². The van der Waals surface area contributed by atoms with Gasteiger partial charge < -0.3 is 34.4 Å². The number of likely N-dealkylation sites (N-methyl/N-ethyl adjacent to an activating group) is 1. The van der Waals surface area contributed by atoms with Crippen LogP contribution in [0.2, 0.25) is 0 Å². The summed E-state index contributed by atoms with van der Waals surface area (Å²) in [6.07, 6.45) is -0.743. The molecule has 14 nitrogen and oxygen atoms in total. The summed E-state index contributed by atoms with van der Waals surface area (Å²) in [5.74, 6) is 0.451. The molecule has 3 heterocycles. The smallest absolute Gasteiger partial charge is 0.323 e. The lowest BCUT2D eigenvalue weighted by Crippen LogP contribution is -2.48. The molecule has 0 fully saturated rings.